The molecule has 1 aliphatic rings. The summed E-state index contributed by atoms with van der Waals surface area (Å²) in [5.41, 5.74) is 2.51. The molecule has 8 nitrogen and oxygen atoms in total. The van der Waals surface area contributed by atoms with Crippen LogP contribution in [0.1, 0.15) is 33.6 Å². The van der Waals surface area contributed by atoms with Crippen molar-refractivity contribution >= 4 is 17.0 Å². The number of rotatable bonds is 7. The van der Waals surface area contributed by atoms with Crippen LogP contribution in [0.3, 0.4) is 0 Å². The van der Waals surface area contributed by atoms with E-state index in [1.165, 1.54) is 16.0 Å². The van der Waals surface area contributed by atoms with Gasteiger partial charge in [-0.2, -0.15) is 0 Å². The summed E-state index contributed by atoms with van der Waals surface area (Å²) in [6.45, 7) is 4.93. The van der Waals surface area contributed by atoms with Crippen molar-refractivity contribution in [2.24, 2.45) is 13.0 Å². The molecule has 4 rings (SSSR count). The second-order valence-corrected chi connectivity index (χ2v) is 8.33. The predicted octanol–water partition coefficient (Wildman–Crippen LogP) is 2.44. The molecule has 3 heterocycles. The van der Waals surface area contributed by atoms with Crippen molar-refractivity contribution in [2.45, 2.75) is 32.7 Å². The van der Waals surface area contributed by atoms with Gasteiger partial charge >= 0.3 is 0 Å². The van der Waals surface area contributed by atoms with Gasteiger partial charge < -0.3 is 10.1 Å². The van der Waals surface area contributed by atoms with Gasteiger partial charge in [0.1, 0.15) is 15.7 Å². The maximum atomic E-state index is 12.3. The number of nitrogens with zero attached hydrogens (tertiary/aromatic N) is 5. The van der Waals surface area contributed by atoms with Crippen LogP contribution in [0.4, 0.5) is 5.69 Å². The smallest absolute Gasteiger partial charge is 0.290 e. The fraction of sp³-hybridized carbons (Fsp3) is 0.421. The number of aromatic nitrogens is 5. The normalized spacial score (nSPS) is 18.1. The average molecular weight is 398 g/mol. The number of hydrogen-bond donors (Lipinski definition) is 1. The molecule has 146 valence electrons. The summed E-state index contributed by atoms with van der Waals surface area (Å²) in [4.78, 5) is 16.8. The fourth-order valence-corrected chi connectivity index (χ4v) is 3.69. The molecule has 0 unspecified atom stereocenters. The quantitative estimate of drug-likeness (QED) is 0.653. The molecule has 3 aromatic heterocycles. The van der Waals surface area contributed by atoms with Gasteiger partial charge in [0.15, 0.2) is 0 Å². The molecule has 1 saturated carbocycles. The average Bonchev–Trinajstić information content (AvgIpc) is 3.34. The molecule has 0 bridgehead atoms. The van der Waals surface area contributed by atoms with Gasteiger partial charge in [0, 0.05) is 36.8 Å². The molecule has 0 aliphatic heterocycles. The van der Waals surface area contributed by atoms with Crippen LogP contribution in [0, 0.1) is 19.8 Å². The van der Waals surface area contributed by atoms with E-state index in [1.54, 1.807) is 13.1 Å². The highest BCUT2D eigenvalue weighted by Crippen LogP contribution is 2.46. The molecule has 2 atom stereocenters. The monoisotopic (exact) mass is 398 g/mol. The summed E-state index contributed by atoms with van der Waals surface area (Å²) in [5.74, 6) is 1.29. The topological polar surface area (TPSA) is 94.8 Å². The van der Waals surface area contributed by atoms with E-state index in [0.29, 0.717) is 36.6 Å². The number of hydrogen-bond acceptors (Lipinski definition) is 8. The van der Waals surface area contributed by atoms with Crippen molar-refractivity contribution in [3.05, 3.63) is 56.0 Å². The highest BCUT2D eigenvalue weighted by molar-refractivity contribution is 7.11. The number of pyridine rings is 1. The number of ether oxygens (including phenoxy) is 1. The summed E-state index contributed by atoms with van der Waals surface area (Å²) in [7, 11) is 1.62. The van der Waals surface area contributed by atoms with Crippen LogP contribution in [-0.2, 0) is 13.6 Å². The Kier molecular flexibility index (Phi) is 5.08. The third kappa shape index (κ3) is 4.19. The van der Waals surface area contributed by atoms with E-state index < -0.39 is 0 Å². The second-order valence-electron chi connectivity index (χ2n) is 7.07. The molecule has 1 aliphatic carbocycles. The van der Waals surface area contributed by atoms with E-state index in [4.69, 9.17) is 4.74 Å². The van der Waals surface area contributed by atoms with Gasteiger partial charge in [-0.1, -0.05) is 17.4 Å². The lowest BCUT2D eigenvalue weighted by atomic mass is 10.2. The van der Waals surface area contributed by atoms with E-state index >= 15 is 0 Å². The Morgan fingerprint density at radius 2 is 2.18 bits per heavy atom. The Balaban J connectivity index is 1.37. The zero-order valence-electron chi connectivity index (χ0n) is 16.0. The maximum Gasteiger partial charge on any atom is 0.290 e. The number of anilines is 1. The Labute approximate surface area is 166 Å². The third-order valence-corrected chi connectivity index (χ3v) is 5.56. The van der Waals surface area contributed by atoms with Gasteiger partial charge in [0.2, 0.25) is 5.88 Å². The van der Waals surface area contributed by atoms with Crippen molar-refractivity contribution in [1.82, 2.24) is 25.0 Å². The summed E-state index contributed by atoms with van der Waals surface area (Å²) < 4.78 is 7.16. The first-order valence-electron chi connectivity index (χ1n) is 9.16. The van der Waals surface area contributed by atoms with E-state index in [1.807, 2.05) is 20.0 Å². The largest absolute Gasteiger partial charge is 0.476 e. The lowest BCUT2D eigenvalue weighted by Crippen LogP contribution is -2.24. The van der Waals surface area contributed by atoms with Crippen molar-refractivity contribution in [3.8, 4) is 5.88 Å². The van der Waals surface area contributed by atoms with Crippen LogP contribution in [0.2, 0.25) is 0 Å². The minimum atomic E-state index is -0.207. The molecule has 3 aromatic rings. The predicted molar refractivity (Wildman–Crippen MR) is 107 cm³/mol. The van der Waals surface area contributed by atoms with Gasteiger partial charge in [-0.25, -0.2) is 4.68 Å². The minimum Gasteiger partial charge on any atom is -0.476 e. The fourth-order valence-electron chi connectivity index (χ4n) is 3.04. The first-order chi connectivity index (χ1) is 13.5. The van der Waals surface area contributed by atoms with Crippen molar-refractivity contribution in [3.63, 3.8) is 0 Å². The molecule has 1 N–H and O–H groups in total. The van der Waals surface area contributed by atoms with Crippen molar-refractivity contribution in [2.75, 3.05) is 11.9 Å². The molecule has 0 spiro atoms. The molecular weight excluding hydrogens is 376 g/mol. The van der Waals surface area contributed by atoms with Crippen LogP contribution in [0.25, 0.3) is 0 Å². The molecular formula is C19H22N6O2S. The van der Waals surface area contributed by atoms with Gasteiger partial charge in [-0.3, -0.25) is 9.78 Å². The van der Waals surface area contributed by atoms with Crippen LogP contribution < -0.4 is 15.6 Å². The van der Waals surface area contributed by atoms with Crippen LogP contribution in [0.5, 0.6) is 5.88 Å². The Morgan fingerprint density at radius 1 is 1.32 bits per heavy atom. The summed E-state index contributed by atoms with van der Waals surface area (Å²) in [5, 5.41) is 17.1. The van der Waals surface area contributed by atoms with E-state index in [2.05, 4.69) is 37.7 Å². The lowest BCUT2D eigenvalue weighted by Gasteiger charge is -2.10. The first-order valence-corrected chi connectivity index (χ1v) is 9.98. The van der Waals surface area contributed by atoms with Crippen molar-refractivity contribution < 1.29 is 4.74 Å². The SMILES string of the molecule is Cc1ccc([C@H]2C[C@@H]2COc2cc(NCc3nnc(C)s3)c(=O)n(C)n2)nc1. The first kappa shape index (κ1) is 18.5. The maximum absolute atomic E-state index is 12.3. The molecule has 9 heteroatoms. The van der Waals surface area contributed by atoms with Gasteiger partial charge in [0.05, 0.1) is 13.2 Å². The molecule has 0 saturated heterocycles. The van der Waals surface area contributed by atoms with Crippen molar-refractivity contribution in [1.29, 1.82) is 0 Å². The molecule has 1 fully saturated rings. The molecule has 0 radical (unpaired) electrons. The van der Waals surface area contributed by atoms with E-state index in [-0.39, 0.29) is 5.56 Å². The van der Waals surface area contributed by atoms with Crippen LogP contribution in [0.15, 0.2) is 29.2 Å². The molecule has 0 aromatic carbocycles. The Morgan fingerprint density at radius 3 is 2.89 bits per heavy atom. The Hall–Kier alpha value is -2.81. The van der Waals surface area contributed by atoms with Gasteiger partial charge in [0.25, 0.3) is 5.56 Å². The van der Waals surface area contributed by atoms with Crippen LogP contribution in [-0.4, -0.2) is 31.6 Å². The lowest BCUT2D eigenvalue weighted by molar-refractivity contribution is 0.278. The van der Waals surface area contributed by atoms with E-state index in [9.17, 15) is 4.79 Å². The zero-order chi connectivity index (χ0) is 19.7. The summed E-state index contributed by atoms with van der Waals surface area (Å²) in [6, 6.07) is 5.82. The Bertz CT molecular complexity index is 1030. The van der Waals surface area contributed by atoms with Gasteiger partial charge in [-0.15, -0.1) is 15.3 Å². The molecule has 0 amide bonds. The van der Waals surface area contributed by atoms with Crippen LogP contribution >= 0.6 is 11.3 Å². The highest BCUT2D eigenvalue weighted by atomic mass is 32.1. The highest BCUT2D eigenvalue weighted by Gasteiger charge is 2.40. The minimum absolute atomic E-state index is 0.207. The summed E-state index contributed by atoms with van der Waals surface area (Å²) in [6.07, 6.45) is 2.96. The van der Waals surface area contributed by atoms with Gasteiger partial charge in [-0.05, 0) is 31.9 Å². The standard InChI is InChI=1S/C19H22N6O2S/c1-11-4-5-15(20-8-11)14-6-13(14)10-27-17-7-16(19(26)25(3)24-17)21-9-18-23-22-12(2)28-18/h4-5,7-8,13-14,21H,6,9-10H2,1-3H3/t13-,14+/m1/s1. The second kappa shape index (κ2) is 7.67. The molecule has 28 heavy (non-hydrogen) atoms. The van der Waals surface area contributed by atoms with E-state index in [0.717, 1.165) is 27.7 Å². The zero-order valence-corrected chi connectivity index (χ0v) is 16.9. The number of nitrogens with one attached hydrogen (secondary N) is 1. The summed E-state index contributed by atoms with van der Waals surface area (Å²) >= 11 is 1.50. The third-order valence-electron chi connectivity index (χ3n) is 4.72. The number of aryl methyl sites for hydroxylation is 3.